The number of ether oxygens (including phenoxy) is 3. The summed E-state index contributed by atoms with van der Waals surface area (Å²) in [6, 6.07) is 8.04. The van der Waals surface area contributed by atoms with Crippen molar-refractivity contribution in [3.63, 3.8) is 0 Å². The highest BCUT2D eigenvalue weighted by molar-refractivity contribution is 6.06. The molecule has 1 aliphatic carbocycles. The molecule has 0 radical (unpaired) electrons. The second-order valence-corrected chi connectivity index (χ2v) is 17.2. The summed E-state index contributed by atoms with van der Waals surface area (Å²) in [5.41, 5.74) is 5.16. The fourth-order valence-corrected chi connectivity index (χ4v) is 10.2. The molecule has 4 aromatic rings. The molecule has 2 aromatic carbocycles. The predicted octanol–water partition coefficient (Wildman–Crippen LogP) is 5.25. The van der Waals surface area contributed by atoms with E-state index in [0.29, 0.717) is 65.0 Å². The normalized spacial score (nSPS) is 21.4. The van der Waals surface area contributed by atoms with E-state index in [4.69, 9.17) is 14.2 Å². The molecule has 16 heteroatoms. The molecule has 7 heterocycles. The molecule has 10 rings (SSSR count). The zero-order valence-corrected chi connectivity index (χ0v) is 33.6. The topological polar surface area (TPSA) is 168 Å². The Bertz CT molecular complexity index is 2440. The zero-order chi connectivity index (χ0) is 41.3. The Morgan fingerprint density at radius 1 is 1.03 bits per heavy atom. The number of aromatic nitrogens is 2. The summed E-state index contributed by atoms with van der Waals surface area (Å²) in [7, 11) is 1.62. The van der Waals surface area contributed by atoms with E-state index in [-0.39, 0.29) is 42.1 Å². The van der Waals surface area contributed by atoms with Gasteiger partial charge in [-0.25, -0.2) is 19.2 Å². The minimum absolute atomic E-state index is 0.149. The van der Waals surface area contributed by atoms with Crippen LogP contribution in [0.25, 0.3) is 21.9 Å². The number of hydrogen-bond donors (Lipinski definition) is 3. The SMILES string of the molecule is COc1c(N2CC(CN3CCC4(CC3)CC(OC(=O)Nc3cc5cc(-c6cnc7c(c6C)NCCO7)c(F)cc5cn3)C4)C2)ccc2c1CN(C1CCC(=O)NC1=O)C2=O. The number of pyridine rings is 2. The van der Waals surface area contributed by atoms with Crippen molar-refractivity contribution in [2.45, 2.75) is 64.1 Å². The van der Waals surface area contributed by atoms with E-state index in [0.717, 1.165) is 86.3 Å². The maximum absolute atomic E-state index is 15.3. The molecule has 3 saturated heterocycles. The quantitative estimate of drug-likeness (QED) is 0.198. The van der Waals surface area contributed by atoms with Crippen LogP contribution in [0.15, 0.2) is 42.7 Å². The first-order chi connectivity index (χ1) is 29.0. The average molecular weight is 819 g/mol. The molecular weight excluding hydrogens is 772 g/mol. The summed E-state index contributed by atoms with van der Waals surface area (Å²) < 4.78 is 32.7. The Morgan fingerprint density at radius 2 is 1.85 bits per heavy atom. The van der Waals surface area contributed by atoms with Gasteiger partial charge in [0.1, 0.15) is 41.8 Å². The molecule has 1 unspecified atom stereocenters. The average Bonchev–Trinajstić information content (AvgIpc) is 3.54. The van der Waals surface area contributed by atoms with Gasteiger partial charge in [0.05, 0.1) is 19.3 Å². The van der Waals surface area contributed by atoms with Gasteiger partial charge in [-0.2, -0.15) is 0 Å². The van der Waals surface area contributed by atoms with E-state index < -0.39 is 18.0 Å². The lowest BCUT2D eigenvalue weighted by Gasteiger charge is -2.52. The van der Waals surface area contributed by atoms with Crippen molar-refractivity contribution >= 4 is 51.8 Å². The first-order valence-corrected chi connectivity index (χ1v) is 20.8. The number of methoxy groups -OCH3 is 1. The van der Waals surface area contributed by atoms with Crippen molar-refractivity contribution in [1.82, 2.24) is 25.1 Å². The fraction of sp³-hybridized carbons (Fsp3) is 0.455. The summed E-state index contributed by atoms with van der Waals surface area (Å²) in [5, 5.41) is 9.78. The molecule has 312 valence electrons. The molecule has 5 aliphatic heterocycles. The molecule has 15 nitrogen and oxygen atoms in total. The molecule has 4 amide bonds. The molecule has 0 bridgehead atoms. The number of likely N-dealkylation sites (tertiary alicyclic amines) is 1. The van der Waals surface area contributed by atoms with Gasteiger partial charge in [0.25, 0.3) is 5.91 Å². The van der Waals surface area contributed by atoms with Gasteiger partial charge in [0, 0.05) is 78.6 Å². The van der Waals surface area contributed by atoms with E-state index in [1.807, 2.05) is 19.1 Å². The minimum Gasteiger partial charge on any atom is -0.494 e. The third-order valence-corrected chi connectivity index (χ3v) is 13.5. The summed E-state index contributed by atoms with van der Waals surface area (Å²) in [4.78, 5) is 65.6. The number of hydrogen-bond acceptors (Lipinski definition) is 12. The Labute approximate surface area is 345 Å². The van der Waals surface area contributed by atoms with Gasteiger partial charge in [-0.1, -0.05) is 0 Å². The largest absolute Gasteiger partial charge is 0.494 e. The molecule has 3 N–H and O–H groups in total. The summed E-state index contributed by atoms with van der Waals surface area (Å²) in [6.45, 7) is 8.15. The van der Waals surface area contributed by atoms with Crippen LogP contribution in [0, 0.1) is 24.1 Å². The first-order valence-electron chi connectivity index (χ1n) is 20.8. The van der Waals surface area contributed by atoms with E-state index in [2.05, 4.69) is 35.7 Å². The fourth-order valence-electron chi connectivity index (χ4n) is 10.2. The molecule has 1 saturated carbocycles. The Hall–Kier alpha value is -6.03. The molecular formula is C44H47FN8O7. The summed E-state index contributed by atoms with van der Waals surface area (Å²) in [6.07, 6.45) is 6.83. The third-order valence-electron chi connectivity index (χ3n) is 13.5. The number of benzene rings is 2. The van der Waals surface area contributed by atoms with E-state index >= 15 is 4.39 Å². The van der Waals surface area contributed by atoms with Crippen LogP contribution in [0.5, 0.6) is 11.6 Å². The van der Waals surface area contributed by atoms with Crippen molar-refractivity contribution < 1.29 is 37.8 Å². The van der Waals surface area contributed by atoms with Gasteiger partial charge >= 0.3 is 6.09 Å². The van der Waals surface area contributed by atoms with Crippen LogP contribution in [-0.4, -0.2) is 109 Å². The van der Waals surface area contributed by atoms with Crippen molar-refractivity contribution in [1.29, 1.82) is 0 Å². The summed E-state index contributed by atoms with van der Waals surface area (Å²) >= 11 is 0. The molecule has 6 aliphatic rings. The van der Waals surface area contributed by atoms with Gasteiger partial charge < -0.3 is 34.2 Å². The van der Waals surface area contributed by atoms with Crippen molar-refractivity contribution in [2.24, 2.45) is 11.3 Å². The highest BCUT2D eigenvalue weighted by atomic mass is 19.1. The number of fused-ring (bicyclic) bond motifs is 3. The first kappa shape index (κ1) is 38.2. The number of imide groups is 1. The van der Waals surface area contributed by atoms with Crippen LogP contribution in [0.4, 0.5) is 26.4 Å². The number of nitrogens with zero attached hydrogens (tertiary/aromatic N) is 5. The maximum Gasteiger partial charge on any atom is 0.413 e. The summed E-state index contributed by atoms with van der Waals surface area (Å²) in [5.74, 6) is 0.694. The van der Waals surface area contributed by atoms with E-state index in [9.17, 15) is 19.2 Å². The molecule has 4 fully saturated rings. The smallest absolute Gasteiger partial charge is 0.413 e. The maximum atomic E-state index is 15.3. The number of halogens is 1. The Kier molecular flexibility index (Phi) is 9.49. The number of carbonyl (C=O) groups is 4. The Balaban J connectivity index is 0.691. The van der Waals surface area contributed by atoms with Crippen molar-refractivity contribution in [3.05, 3.63) is 65.2 Å². The zero-order valence-electron chi connectivity index (χ0n) is 33.6. The number of anilines is 3. The number of piperidine rings is 2. The second kappa shape index (κ2) is 14.9. The number of nitrogens with one attached hydrogen (secondary N) is 3. The van der Waals surface area contributed by atoms with Crippen molar-refractivity contribution in [3.8, 4) is 22.8 Å². The lowest BCUT2D eigenvalue weighted by atomic mass is 9.61. The number of rotatable bonds is 8. The predicted molar refractivity (Wildman–Crippen MR) is 220 cm³/mol. The molecule has 2 aromatic heterocycles. The lowest BCUT2D eigenvalue weighted by Crippen LogP contribution is -2.55. The van der Waals surface area contributed by atoms with Crippen LogP contribution >= 0.6 is 0 Å². The van der Waals surface area contributed by atoms with Gasteiger partial charge in [0.2, 0.25) is 17.7 Å². The van der Waals surface area contributed by atoms with E-state index in [1.54, 1.807) is 36.5 Å². The monoisotopic (exact) mass is 818 g/mol. The van der Waals surface area contributed by atoms with Gasteiger partial charge in [-0.3, -0.25) is 25.0 Å². The standard InChI is InChI=1S/C44H47FN8O7/c1-24-31(19-48-41-38(24)46-9-12-59-41)30-13-26-15-36(47-18-27(26)14-33(30)45)49-43(57)60-28-16-44(17-28)7-10-51(11-8-44)20-25-21-52(22-25)34-4-3-29-32(39(34)58-2)23-53(42(29)56)35-5-6-37(54)50-40(35)55/h3-4,13-15,18-19,25,28,35,46H,5-12,16-17,20-23H2,1-2H3,(H,47,49,57)(H,50,54,55). The number of amides is 4. The number of carbonyl (C=O) groups excluding carboxylic acids is 4. The third kappa shape index (κ3) is 6.79. The Morgan fingerprint density at radius 3 is 2.63 bits per heavy atom. The molecule has 1 atom stereocenters. The van der Waals surface area contributed by atoms with Gasteiger partial charge in [-0.05, 0) is 98.8 Å². The van der Waals surface area contributed by atoms with Crippen LogP contribution < -0.4 is 30.3 Å². The van der Waals surface area contributed by atoms with Gasteiger partial charge in [0.15, 0.2) is 0 Å². The highest BCUT2D eigenvalue weighted by Crippen LogP contribution is 2.51. The highest BCUT2D eigenvalue weighted by Gasteiger charge is 2.48. The van der Waals surface area contributed by atoms with Crippen molar-refractivity contribution in [2.75, 3.05) is 68.5 Å². The van der Waals surface area contributed by atoms with Crippen LogP contribution in [-0.2, 0) is 20.9 Å². The molecule has 1 spiro atoms. The van der Waals surface area contributed by atoms with E-state index in [1.165, 1.54) is 6.07 Å². The van der Waals surface area contributed by atoms with Crippen LogP contribution in [0.1, 0.15) is 60.0 Å². The van der Waals surface area contributed by atoms with Crippen LogP contribution in [0.2, 0.25) is 0 Å². The molecule has 60 heavy (non-hydrogen) atoms. The lowest BCUT2D eigenvalue weighted by molar-refractivity contribution is -0.136. The second-order valence-electron chi connectivity index (χ2n) is 17.2. The minimum atomic E-state index is -0.668. The van der Waals surface area contributed by atoms with Crippen LogP contribution in [0.3, 0.4) is 0 Å². The van der Waals surface area contributed by atoms with Gasteiger partial charge in [-0.15, -0.1) is 0 Å².